The van der Waals surface area contributed by atoms with E-state index in [1.54, 1.807) is 20.3 Å². The van der Waals surface area contributed by atoms with Gasteiger partial charge in [-0.05, 0) is 28.8 Å². The second kappa shape index (κ2) is 6.22. The highest BCUT2D eigenvalue weighted by Gasteiger charge is 2.38. The number of phenols is 1. The van der Waals surface area contributed by atoms with E-state index in [4.69, 9.17) is 15.2 Å². The van der Waals surface area contributed by atoms with Crippen LogP contribution in [0.25, 0.3) is 0 Å². The standard InChI is InChI=1S/C15H22BrNO3/c1-19-11-8-10(18)12(13(16)14(11)20-2)15(9-17)6-4-3-5-7-15/h8,18H,3-7,9,17H2,1-2H3. The molecular formula is C15H22BrNO3. The highest BCUT2D eigenvalue weighted by molar-refractivity contribution is 9.10. The van der Waals surface area contributed by atoms with Crippen molar-refractivity contribution in [3.8, 4) is 17.2 Å². The first-order valence-corrected chi connectivity index (χ1v) is 7.73. The van der Waals surface area contributed by atoms with E-state index in [0.29, 0.717) is 18.0 Å². The quantitative estimate of drug-likeness (QED) is 0.879. The van der Waals surface area contributed by atoms with Crippen molar-refractivity contribution >= 4 is 15.9 Å². The number of halogens is 1. The average molecular weight is 344 g/mol. The van der Waals surface area contributed by atoms with Gasteiger partial charge in [0.25, 0.3) is 0 Å². The van der Waals surface area contributed by atoms with Crippen molar-refractivity contribution in [1.29, 1.82) is 0 Å². The van der Waals surface area contributed by atoms with E-state index in [1.165, 1.54) is 6.42 Å². The number of rotatable bonds is 4. The summed E-state index contributed by atoms with van der Waals surface area (Å²) in [5, 5.41) is 10.5. The van der Waals surface area contributed by atoms with Gasteiger partial charge < -0.3 is 20.3 Å². The predicted octanol–water partition coefficient (Wildman–Crippen LogP) is 3.33. The highest BCUT2D eigenvalue weighted by atomic mass is 79.9. The van der Waals surface area contributed by atoms with Crippen LogP contribution in [0.15, 0.2) is 10.5 Å². The molecule has 2 rings (SSSR count). The van der Waals surface area contributed by atoms with Crippen LogP contribution in [0.3, 0.4) is 0 Å². The molecule has 4 nitrogen and oxygen atoms in total. The molecule has 0 spiro atoms. The van der Waals surface area contributed by atoms with E-state index in [-0.39, 0.29) is 11.2 Å². The summed E-state index contributed by atoms with van der Waals surface area (Å²) in [7, 11) is 3.15. The van der Waals surface area contributed by atoms with Crippen LogP contribution < -0.4 is 15.2 Å². The molecule has 0 unspecified atom stereocenters. The molecule has 0 aromatic heterocycles. The number of aromatic hydroxyl groups is 1. The third kappa shape index (κ3) is 2.49. The summed E-state index contributed by atoms with van der Waals surface area (Å²) in [5.74, 6) is 1.35. The van der Waals surface area contributed by atoms with Gasteiger partial charge in [-0.2, -0.15) is 0 Å². The van der Waals surface area contributed by atoms with Crippen molar-refractivity contribution in [2.24, 2.45) is 5.73 Å². The monoisotopic (exact) mass is 343 g/mol. The lowest BCUT2D eigenvalue weighted by molar-refractivity contribution is 0.284. The maximum Gasteiger partial charge on any atom is 0.175 e. The largest absolute Gasteiger partial charge is 0.507 e. The van der Waals surface area contributed by atoms with Crippen LogP contribution in [0.1, 0.15) is 37.7 Å². The highest BCUT2D eigenvalue weighted by Crippen LogP contribution is 2.51. The fraction of sp³-hybridized carbons (Fsp3) is 0.600. The summed E-state index contributed by atoms with van der Waals surface area (Å²) in [6.45, 7) is 0.522. The summed E-state index contributed by atoms with van der Waals surface area (Å²) >= 11 is 3.57. The molecule has 0 bridgehead atoms. The van der Waals surface area contributed by atoms with E-state index in [0.717, 1.165) is 35.7 Å². The van der Waals surface area contributed by atoms with Gasteiger partial charge in [0.15, 0.2) is 11.5 Å². The van der Waals surface area contributed by atoms with Crippen molar-refractivity contribution in [2.75, 3.05) is 20.8 Å². The van der Waals surface area contributed by atoms with Gasteiger partial charge in [-0.25, -0.2) is 0 Å². The average Bonchev–Trinajstić information content (AvgIpc) is 2.47. The van der Waals surface area contributed by atoms with Crippen LogP contribution in [0, 0.1) is 0 Å². The lowest BCUT2D eigenvalue weighted by Crippen LogP contribution is -2.37. The molecule has 5 heteroatoms. The topological polar surface area (TPSA) is 64.7 Å². The van der Waals surface area contributed by atoms with Gasteiger partial charge in [0.2, 0.25) is 0 Å². The molecule has 0 saturated heterocycles. The first-order chi connectivity index (χ1) is 9.59. The summed E-state index contributed by atoms with van der Waals surface area (Å²) in [4.78, 5) is 0. The van der Waals surface area contributed by atoms with E-state index < -0.39 is 0 Å². The number of ether oxygens (including phenoxy) is 2. The Morgan fingerprint density at radius 1 is 1.25 bits per heavy atom. The Morgan fingerprint density at radius 3 is 2.40 bits per heavy atom. The Hall–Kier alpha value is -0.940. The maximum atomic E-state index is 10.5. The Labute approximate surface area is 128 Å². The van der Waals surface area contributed by atoms with E-state index in [9.17, 15) is 5.11 Å². The van der Waals surface area contributed by atoms with Crippen LogP contribution in [-0.2, 0) is 5.41 Å². The second-order valence-electron chi connectivity index (χ2n) is 5.37. The van der Waals surface area contributed by atoms with Gasteiger partial charge >= 0.3 is 0 Å². The van der Waals surface area contributed by atoms with Crippen LogP contribution in [0.5, 0.6) is 17.2 Å². The molecule has 0 aliphatic heterocycles. The molecule has 1 aliphatic carbocycles. The number of benzene rings is 1. The SMILES string of the molecule is COc1cc(O)c(C2(CN)CCCCC2)c(Br)c1OC. The molecule has 1 saturated carbocycles. The molecule has 1 aromatic carbocycles. The number of phenolic OH excluding ortho intramolecular Hbond substituents is 1. The molecule has 112 valence electrons. The minimum absolute atomic E-state index is 0.180. The predicted molar refractivity (Wildman–Crippen MR) is 82.7 cm³/mol. The minimum atomic E-state index is -0.180. The summed E-state index contributed by atoms with van der Waals surface area (Å²) in [6.07, 6.45) is 5.48. The molecule has 0 amide bonds. The maximum absolute atomic E-state index is 10.5. The normalized spacial score (nSPS) is 17.8. The number of hydrogen-bond acceptors (Lipinski definition) is 4. The minimum Gasteiger partial charge on any atom is -0.507 e. The smallest absolute Gasteiger partial charge is 0.175 e. The van der Waals surface area contributed by atoms with Crippen LogP contribution in [0.2, 0.25) is 0 Å². The van der Waals surface area contributed by atoms with Gasteiger partial charge in [-0.3, -0.25) is 0 Å². The Morgan fingerprint density at radius 2 is 1.90 bits per heavy atom. The van der Waals surface area contributed by atoms with Gasteiger partial charge in [-0.1, -0.05) is 19.3 Å². The number of nitrogens with two attached hydrogens (primary N) is 1. The van der Waals surface area contributed by atoms with E-state index in [2.05, 4.69) is 15.9 Å². The molecule has 1 aromatic rings. The van der Waals surface area contributed by atoms with Crippen molar-refractivity contribution in [3.05, 3.63) is 16.1 Å². The van der Waals surface area contributed by atoms with Gasteiger partial charge in [0.1, 0.15) is 5.75 Å². The molecule has 1 aliphatic rings. The zero-order valence-corrected chi connectivity index (χ0v) is 13.6. The Bertz CT molecular complexity index is 484. The van der Waals surface area contributed by atoms with E-state index in [1.807, 2.05) is 0 Å². The summed E-state index contributed by atoms with van der Waals surface area (Å²) < 4.78 is 11.4. The fourth-order valence-corrected chi connectivity index (χ4v) is 4.21. The molecule has 0 atom stereocenters. The number of methoxy groups -OCH3 is 2. The first kappa shape index (κ1) is 15.4. The molecule has 3 N–H and O–H groups in total. The molecule has 0 heterocycles. The summed E-state index contributed by atoms with van der Waals surface area (Å²) in [5.41, 5.74) is 6.74. The third-order valence-corrected chi connectivity index (χ3v) is 5.08. The van der Waals surface area contributed by atoms with Crippen LogP contribution in [0.4, 0.5) is 0 Å². The fourth-order valence-electron chi connectivity index (χ4n) is 3.23. The Kier molecular flexibility index (Phi) is 4.81. The zero-order valence-electron chi connectivity index (χ0n) is 12.0. The molecular weight excluding hydrogens is 322 g/mol. The van der Waals surface area contributed by atoms with Crippen molar-refractivity contribution in [3.63, 3.8) is 0 Å². The van der Waals surface area contributed by atoms with Gasteiger partial charge in [-0.15, -0.1) is 0 Å². The molecule has 1 fully saturated rings. The second-order valence-corrected chi connectivity index (χ2v) is 6.16. The van der Waals surface area contributed by atoms with Crippen LogP contribution >= 0.6 is 15.9 Å². The zero-order chi connectivity index (χ0) is 14.8. The molecule has 0 radical (unpaired) electrons. The third-order valence-electron chi connectivity index (χ3n) is 4.32. The summed E-state index contributed by atoms with van der Waals surface area (Å²) in [6, 6.07) is 1.62. The Balaban J connectivity index is 2.60. The van der Waals surface area contributed by atoms with Crippen LogP contribution in [-0.4, -0.2) is 25.9 Å². The number of hydrogen-bond donors (Lipinski definition) is 2. The van der Waals surface area contributed by atoms with Crippen molar-refractivity contribution < 1.29 is 14.6 Å². The first-order valence-electron chi connectivity index (χ1n) is 6.93. The van der Waals surface area contributed by atoms with Crippen molar-refractivity contribution in [1.82, 2.24) is 0 Å². The lowest BCUT2D eigenvalue weighted by atomic mass is 9.69. The van der Waals surface area contributed by atoms with Gasteiger partial charge in [0, 0.05) is 23.6 Å². The lowest BCUT2D eigenvalue weighted by Gasteiger charge is -2.38. The van der Waals surface area contributed by atoms with E-state index >= 15 is 0 Å². The van der Waals surface area contributed by atoms with Crippen molar-refractivity contribution in [2.45, 2.75) is 37.5 Å². The van der Waals surface area contributed by atoms with Gasteiger partial charge in [0.05, 0.1) is 18.7 Å². The molecule has 20 heavy (non-hydrogen) atoms.